The van der Waals surface area contributed by atoms with Gasteiger partial charge in [-0.15, -0.1) is 0 Å². The van der Waals surface area contributed by atoms with Gasteiger partial charge < -0.3 is 0 Å². The zero-order valence-corrected chi connectivity index (χ0v) is 14.5. The number of aryl methyl sites for hydroxylation is 2. The quantitative estimate of drug-likeness (QED) is 0.772. The summed E-state index contributed by atoms with van der Waals surface area (Å²) in [5.41, 5.74) is 1.59. The maximum Gasteiger partial charge on any atom is 0.285 e. The number of nitrogens with zero attached hydrogens (tertiary/aromatic N) is 3. The third-order valence-electron chi connectivity index (χ3n) is 3.54. The molecule has 2 heterocycles. The molecule has 0 saturated carbocycles. The molecule has 0 aliphatic carbocycles. The van der Waals surface area contributed by atoms with E-state index in [4.69, 9.17) is 0 Å². The van der Waals surface area contributed by atoms with E-state index < -0.39 is 15.9 Å². The number of nitrogens with one attached hydrogen (secondary N) is 1. The summed E-state index contributed by atoms with van der Waals surface area (Å²) < 4.78 is 28.1. The van der Waals surface area contributed by atoms with Crippen molar-refractivity contribution in [3.05, 3.63) is 71.7 Å². The molecule has 8 heteroatoms. The molecule has 0 spiro atoms. The molecule has 25 heavy (non-hydrogen) atoms. The number of rotatable bonds is 4. The van der Waals surface area contributed by atoms with Crippen molar-refractivity contribution in [1.29, 1.82) is 0 Å². The minimum Gasteiger partial charge on any atom is -0.266 e. The summed E-state index contributed by atoms with van der Waals surface area (Å²) in [7, 11) is -3.96. The van der Waals surface area contributed by atoms with E-state index in [9.17, 15) is 13.2 Å². The van der Waals surface area contributed by atoms with Crippen molar-refractivity contribution in [2.45, 2.75) is 18.7 Å². The molecule has 3 aromatic rings. The normalized spacial score (nSPS) is 11.3. The number of carbonyl (C=O) groups is 1. The first-order valence-electron chi connectivity index (χ1n) is 7.49. The Morgan fingerprint density at radius 1 is 1.08 bits per heavy atom. The number of pyridine rings is 1. The number of amides is 1. The smallest absolute Gasteiger partial charge is 0.266 e. The number of aromatic nitrogens is 3. The molecule has 7 nitrogen and oxygen atoms in total. The van der Waals surface area contributed by atoms with Gasteiger partial charge in [-0.05, 0) is 44.2 Å². The van der Waals surface area contributed by atoms with Crippen molar-refractivity contribution >= 4 is 15.9 Å². The van der Waals surface area contributed by atoms with Gasteiger partial charge in [-0.1, -0.05) is 23.8 Å². The minimum absolute atomic E-state index is 0.00107. The molecule has 1 amide bonds. The number of sulfonamides is 1. The Labute approximate surface area is 145 Å². The molecule has 0 radical (unpaired) electrons. The van der Waals surface area contributed by atoms with E-state index in [1.807, 2.05) is 11.6 Å². The van der Waals surface area contributed by atoms with Crippen LogP contribution in [0.3, 0.4) is 0 Å². The first-order chi connectivity index (χ1) is 11.9. The topological polar surface area (TPSA) is 94.0 Å². The summed E-state index contributed by atoms with van der Waals surface area (Å²) in [5, 5.41) is 4.15. The molecular formula is C17H16N4O3S. The highest BCUT2D eigenvalue weighted by Crippen LogP contribution is 2.13. The molecule has 0 aliphatic rings. The van der Waals surface area contributed by atoms with E-state index in [2.05, 4.69) is 10.1 Å². The van der Waals surface area contributed by atoms with Crippen molar-refractivity contribution < 1.29 is 13.2 Å². The van der Waals surface area contributed by atoms with Gasteiger partial charge in [0.15, 0.2) is 11.5 Å². The second kappa shape index (κ2) is 6.48. The van der Waals surface area contributed by atoms with E-state index in [1.54, 1.807) is 43.5 Å². The van der Waals surface area contributed by atoms with E-state index in [0.717, 1.165) is 5.56 Å². The fourth-order valence-electron chi connectivity index (χ4n) is 2.25. The lowest BCUT2D eigenvalue weighted by Crippen LogP contribution is -2.31. The van der Waals surface area contributed by atoms with Crippen LogP contribution < -0.4 is 4.72 Å². The van der Waals surface area contributed by atoms with E-state index >= 15 is 0 Å². The van der Waals surface area contributed by atoms with E-state index in [0.29, 0.717) is 11.5 Å². The molecule has 0 atom stereocenters. The van der Waals surface area contributed by atoms with Gasteiger partial charge in [0.25, 0.3) is 15.9 Å². The molecular weight excluding hydrogens is 340 g/mol. The average molecular weight is 356 g/mol. The summed E-state index contributed by atoms with van der Waals surface area (Å²) in [5.74, 6) is -0.251. The Morgan fingerprint density at radius 2 is 1.80 bits per heavy atom. The monoisotopic (exact) mass is 356 g/mol. The molecule has 2 aromatic heterocycles. The zero-order chi connectivity index (χ0) is 18.0. The van der Waals surface area contributed by atoms with Crippen LogP contribution in [0.1, 0.15) is 21.7 Å². The fourth-order valence-corrected chi connectivity index (χ4v) is 3.21. The highest BCUT2D eigenvalue weighted by molar-refractivity contribution is 7.90. The third kappa shape index (κ3) is 3.58. The van der Waals surface area contributed by atoms with Crippen molar-refractivity contribution in [2.24, 2.45) is 0 Å². The van der Waals surface area contributed by atoms with Crippen LogP contribution in [-0.4, -0.2) is 29.1 Å². The predicted molar refractivity (Wildman–Crippen MR) is 91.9 cm³/mol. The van der Waals surface area contributed by atoms with Crippen molar-refractivity contribution in [2.75, 3.05) is 0 Å². The number of hydrogen-bond donors (Lipinski definition) is 1. The molecule has 3 rings (SSSR count). The van der Waals surface area contributed by atoms with Crippen LogP contribution in [0.5, 0.6) is 0 Å². The zero-order valence-electron chi connectivity index (χ0n) is 13.7. The summed E-state index contributed by atoms with van der Waals surface area (Å²) >= 11 is 0. The Bertz CT molecular complexity index is 1010. The van der Waals surface area contributed by atoms with Gasteiger partial charge in [0.2, 0.25) is 0 Å². The highest BCUT2D eigenvalue weighted by Gasteiger charge is 2.21. The van der Waals surface area contributed by atoms with Crippen molar-refractivity contribution in [3.63, 3.8) is 0 Å². The van der Waals surface area contributed by atoms with Gasteiger partial charge in [-0.2, -0.15) is 5.10 Å². The molecule has 0 bridgehead atoms. The van der Waals surface area contributed by atoms with Gasteiger partial charge in [-0.25, -0.2) is 22.8 Å². The van der Waals surface area contributed by atoms with Crippen LogP contribution in [0.25, 0.3) is 5.82 Å². The van der Waals surface area contributed by atoms with E-state index in [1.165, 1.54) is 22.9 Å². The Balaban J connectivity index is 1.86. The molecule has 0 saturated heterocycles. The second-order valence-electron chi connectivity index (χ2n) is 5.52. The van der Waals surface area contributed by atoms with Gasteiger partial charge >= 0.3 is 0 Å². The standard InChI is InChI=1S/C17H16N4O3S/c1-12-6-8-14(9-7-12)25(23,24)20-17(22)15-11-13(2)21(19-15)16-5-3-4-10-18-16/h3-11H,1-2H3,(H,20,22). The van der Waals surface area contributed by atoms with Gasteiger partial charge in [0, 0.05) is 11.9 Å². The van der Waals surface area contributed by atoms with Crippen LogP contribution in [0.15, 0.2) is 59.6 Å². The number of carbonyl (C=O) groups excluding carboxylic acids is 1. The van der Waals surface area contributed by atoms with Crippen LogP contribution in [0.4, 0.5) is 0 Å². The van der Waals surface area contributed by atoms with Gasteiger partial charge in [0.05, 0.1) is 4.90 Å². The fraction of sp³-hybridized carbons (Fsp3) is 0.118. The summed E-state index contributed by atoms with van der Waals surface area (Å²) in [6.07, 6.45) is 1.61. The van der Waals surface area contributed by atoms with Gasteiger partial charge in [0.1, 0.15) is 0 Å². The van der Waals surface area contributed by atoms with Crippen LogP contribution in [0, 0.1) is 13.8 Å². The Morgan fingerprint density at radius 3 is 2.44 bits per heavy atom. The predicted octanol–water partition coefficient (Wildman–Crippen LogP) is 2.00. The summed E-state index contributed by atoms with van der Waals surface area (Å²) in [6, 6.07) is 13.0. The highest BCUT2D eigenvalue weighted by atomic mass is 32.2. The lowest BCUT2D eigenvalue weighted by Gasteiger charge is -2.06. The van der Waals surface area contributed by atoms with Gasteiger partial charge in [-0.3, -0.25) is 4.79 Å². The third-order valence-corrected chi connectivity index (χ3v) is 4.89. The van der Waals surface area contributed by atoms with E-state index in [-0.39, 0.29) is 10.6 Å². The molecule has 1 aromatic carbocycles. The average Bonchev–Trinajstić information content (AvgIpc) is 2.98. The number of benzene rings is 1. The molecule has 0 unspecified atom stereocenters. The largest absolute Gasteiger partial charge is 0.285 e. The molecule has 0 aliphatic heterocycles. The lowest BCUT2D eigenvalue weighted by molar-refractivity contribution is 0.0976. The SMILES string of the molecule is Cc1ccc(S(=O)(=O)NC(=O)c2cc(C)n(-c3ccccn3)n2)cc1. The Hall–Kier alpha value is -3.00. The van der Waals surface area contributed by atoms with Crippen molar-refractivity contribution in [3.8, 4) is 5.82 Å². The lowest BCUT2D eigenvalue weighted by atomic mass is 10.2. The minimum atomic E-state index is -3.96. The summed E-state index contributed by atoms with van der Waals surface area (Å²) in [6.45, 7) is 3.61. The maximum atomic E-state index is 12.3. The number of hydrogen-bond acceptors (Lipinski definition) is 5. The van der Waals surface area contributed by atoms with Crippen LogP contribution >= 0.6 is 0 Å². The van der Waals surface area contributed by atoms with Crippen LogP contribution in [0.2, 0.25) is 0 Å². The molecule has 1 N–H and O–H groups in total. The second-order valence-corrected chi connectivity index (χ2v) is 7.20. The first-order valence-corrected chi connectivity index (χ1v) is 8.97. The van der Waals surface area contributed by atoms with Crippen LogP contribution in [-0.2, 0) is 10.0 Å². The molecule has 128 valence electrons. The summed E-state index contributed by atoms with van der Waals surface area (Å²) in [4.78, 5) is 16.5. The Kier molecular flexibility index (Phi) is 4.37. The maximum absolute atomic E-state index is 12.3. The van der Waals surface area contributed by atoms with Crippen molar-refractivity contribution in [1.82, 2.24) is 19.5 Å². The molecule has 0 fully saturated rings. The first kappa shape index (κ1) is 16.8.